The first-order valence-corrected chi connectivity index (χ1v) is 12.6. The normalized spacial score (nSPS) is 16.7. The van der Waals surface area contributed by atoms with Gasteiger partial charge in [0.25, 0.3) is 5.56 Å². The molecule has 4 rings (SSSR count). The fourth-order valence-electron chi connectivity index (χ4n) is 3.89. The van der Waals surface area contributed by atoms with Crippen LogP contribution in [-0.4, -0.2) is 54.6 Å². The zero-order valence-electron chi connectivity index (χ0n) is 17.5. The number of hydrogen-bond donors (Lipinski definition) is 0. The number of piperazine rings is 1. The van der Waals surface area contributed by atoms with Gasteiger partial charge in [-0.15, -0.1) is 11.3 Å². The Morgan fingerprint density at radius 3 is 2.41 bits per heavy atom. The van der Waals surface area contributed by atoms with Gasteiger partial charge in [0.05, 0.1) is 17.2 Å². The maximum Gasteiger partial charge on any atom is 0.416 e. The SMILES string of the molecule is Cn1cc(-c2cccc(C(F)(F)F)c2)c2sc(CN3CCN(S(C)(=O)=O)CC3)cc2c1=O. The highest BCUT2D eigenvalue weighted by atomic mass is 32.2. The number of hydrogen-bond acceptors (Lipinski definition) is 5. The third kappa shape index (κ3) is 4.61. The summed E-state index contributed by atoms with van der Waals surface area (Å²) in [5.41, 5.74) is 0.0274. The summed E-state index contributed by atoms with van der Waals surface area (Å²) in [4.78, 5) is 15.7. The van der Waals surface area contributed by atoms with Crippen LogP contribution in [0, 0.1) is 0 Å². The Kier molecular flexibility index (Phi) is 5.95. The number of pyridine rings is 1. The number of nitrogens with zero attached hydrogens (tertiary/aromatic N) is 3. The maximum atomic E-state index is 13.2. The van der Waals surface area contributed by atoms with Crippen LogP contribution in [0.5, 0.6) is 0 Å². The van der Waals surface area contributed by atoms with Crippen molar-refractivity contribution in [3.63, 3.8) is 0 Å². The average Bonchev–Trinajstić information content (AvgIpc) is 3.14. The highest BCUT2D eigenvalue weighted by Gasteiger charge is 2.31. The Morgan fingerprint density at radius 1 is 1.09 bits per heavy atom. The largest absolute Gasteiger partial charge is 0.416 e. The summed E-state index contributed by atoms with van der Waals surface area (Å²) in [7, 11) is -1.63. The monoisotopic (exact) mass is 485 g/mol. The van der Waals surface area contributed by atoms with E-state index in [9.17, 15) is 26.4 Å². The van der Waals surface area contributed by atoms with Crippen LogP contribution >= 0.6 is 11.3 Å². The smallest absolute Gasteiger partial charge is 0.317 e. The summed E-state index contributed by atoms with van der Waals surface area (Å²) in [6, 6.07) is 6.90. The van der Waals surface area contributed by atoms with Crippen LogP contribution in [0.2, 0.25) is 0 Å². The van der Waals surface area contributed by atoms with E-state index in [1.807, 2.05) is 0 Å². The lowest BCUT2D eigenvalue weighted by Crippen LogP contribution is -2.47. The summed E-state index contributed by atoms with van der Waals surface area (Å²) in [6.45, 7) is 2.49. The van der Waals surface area contributed by atoms with Gasteiger partial charge in [0.1, 0.15) is 0 Å². The van der Waals surface area contributed by atoms with Crippen molar-refractivity contribution in [3.8, 4) is 11.1 Å². The van der Waals surface area contributed by atoms with Crippen LogP contribution in [0.25, 0.3) is 21.2 Å². The van der Waals surface area contributed by atoms with Crippen LogP contribution < -0.4 is 5.56 Å². The Bertz CT molecular complexity index is 1320. The number of rotatable bonds is 4. The molecule has 0 N–H and O–H groups in total. The van der Waals surface area contributed by atoms with Gasteiger partial charge >= 0.3 is 6.18 Å². The molecule has 0 radical (unpaired) electrons. The predicted molar refractivity (Wildman–Crippen MR) is 119 cm³/mol. The molecule has 2 aromatic heterocycles. The quantitative estimate of drug-likeness (QED) is 0.569. The third-order valence-electron chi connectivity index (χ3n) is 5.58. The van der Waals surface area contributed by atoms with E-state index < -0.39 is 21.8 Å². The van der Waals surface area contributed by atoms with Gasteiger partial charge in [-0.25, -0.2) is 8.42 Å². The van der Waals surface area contributed by atoms with E-state index in [0.717, 1.165) is 17.0 Å². The van der Waals surface area contributed by atoms with Crippen LogP contribution in [-0.2, 0) is 29.8 Å². The molecule has 0 unspecified atom stereocenters. The molecule has 6 nitrogen and oxygen atoms in total. The molecule has 0 saturated carbocycles. The number of fused-ring (bicyclic) bond motifs is 1. The summed E-state index contributed by atoms with van der Waals surface area (Å²) in [5, 5.41) is 0.470. The van der Waals surface area contributed by atoms with Crippen molar-refractivity contribution in [2.45, 2.75) is 12.7 Å². The van der Waals surface area contributed by atoms with Gasteiger partial charge in [-0.3, -0.25) is 9.69 Å². The molecule has 1 aliphatic heterocycles. The van der Waals surface area contributed by atoms with Gasteiger partial charge in [-0.05, 0) is 23.8 Å². The van der Waals surface area contributed by atoms with Gasteiger partial charge in [0.2, 0.25) is 10.0 Å². The van der Waals surface area contributed by atoms with Gasteiger partial charge in [0, 0.05) is 61.1 Å². The number of halogens is 3. The number of alkyl halides is 3. The maximum absolute atomic E-state index is 13.2. The predicted octanol–water partition coefficient (Wildman–Crippen LogP) is 3.36. The number of sulfonamides is 1. The van der Waals surface area contributed by atoms with Crippen molar-refractivity contribution in [3.05, 3.63) is 57.3 Å². The Balaban J connectivity index is 1.68. The highest BCUT2D eigenvalue weighted by molar-refractivity contribution is 7.88. The minimum atomic E-state index is -4.45. The first kappa shape index (κ1) is 23.0. The topological polar surface area (TPSA) is 62.6 Å². The van der Waals surface area contributed by atoms with Crippen molar-refractivity contribution in [1.29, 1.82) is 0 Å². The first-order chi connectivity index (χ1) is 14.9. The lowest BCUT2D eigenvalue weighted by molar-refractivity contribution is -0.137. The van der Waals surface area contributed by atoms with E-state index >= 15 is 0 Å². The second kappa shape index (κ2) is 8.29. The van der Waals surface area contributed by atoms with Crippen LogP contribution in [0.15, 0.2) is 41.3 Å². The number of aromatic nitrogens is 1. The Morgan fingerprint density at radius 2 is 1.78 bits per heavy atom. The van der Waals surface area contributed by atoms with Crippen LogP contribution in [0.4, 0.5) is 13.2 Å². The lowest BCUT2D eigenvalue weighted by Gasteiger charge is -2.32. The molecule has 0 atom stereocenters. The molecule has 1 fully saturated rings. The van der Waals surface area contributed by atoms with E-state index in [2.05, 4.69) is 4.90 Å². The molecule has 0 amide bonds. The number of thiophene rings is 1. The molecule has 32 heavy (non-hydrogen) atoms. The van der Waals surface area contributed by atoms with E-state index in [1.165, 1.54) is 32.5 Å². The molecule has 0 bridgehead atoms. The summed E-state index contributed by atoms with van der Waals surface area (Å²) < 4.78 is 66.5. The molecule has 1 aliphatic rings. The number of aryl methyl sites for hydroxylation is 1. The zero-order chi connectivity index (χ0) is 23.3. The van der Waals surface area contributed by atoms with Crippen molar-refractivity contribution in [2.24, 2.45) is 7.05 Å². The summed E-state index contributed by atoms with van der Waals surface area (Å²) in [5.74, 6) is 0. The molecule has 3 heterocycles. The van der Waals surface area contributed by atoms with Gasteiger partial charge < -0.3 is 4.57 Å². The molecule has 172 valence electrons. The van der Waals surface area contributed by atoms with Gasteiger partial charge in [0.15, 0.2) is 0 Å². The fraction of sp³-hybridized carbons (Fsp3) is 0.381. The Labute approximate surface area is 187 Å². The lowest BCUT2D eigenvalue weighted by atomic mass is 10.0. The van der Waals surface area contributed by atoms with E-state index in [4.69, 9.17) is 0 Å². The molecular formula is C21H22F3N3O3S2. The van der Waals surface area contributed by atoms with E-state index in [0.29, 0.717) is 53.9 Å². The molecule has 0 spiro atoms. The Hall–Kier alpha value is -2.21. The van der Waals surface area contributed by atoms with Crippen LogP contribution in [0.1, 0.15) is 10.4 Å². The number of benzene rings is 1. The second-order valence-electron chi connectivity index (χ2n) is 7.93. The third-order valence-corrected chi connectivity index (χ3v) is 8.04. The molecule has 0 aliphatic carbocycles. The highest BCUT2D eigenvalue weighted by Crippen LogP contribution is 2.37. The van der Waals surface area contributed by atoms with Gasteiger partial charge in [-0.1, -0.05) is 12.1 Å². The van der Waals surface area contributed by atoms with Gasteiger partial charge in [-0.2, -0.15) is 17.5 Å². The standard InChI is InChI=1S/C21H22F3N3O3S2/c1-25-13-18(14-4-3-5-15(10-14)21(22,23)24)19-17(20(25)28)11-16(31-19)12-26-6-8-27(9-7-26)32(2,29)30/h3-5,10-11,13H,6-9,12H2,1-2H3. The molecule has 11 heteroatoms. The minimum absolute atomic E-state index is 0.208. The molecule has 1 aromatic carbocycles. The summed E-state index contributed by atoms with van der Waals surface area (Å²) >= 11 is 1.39. The van der Waals surface area contributed by atoms with E-state index in [-0.39, 0.29) is 5.56 Å². The summed E-state index contributed by atoms with van der Waals surface area (Å²) in [6.07, 6.45) is -1.68. The minimum Gasteiger partial charge on any atom is -0.317 e. The van der Waals surface area contributed by atoms with E-state index in [1.54, 1.807) is 25.4 Å². The molecule has 1 saturated heterocycles. The zero-order valence-corrected chi connectivity index (χ0v) is 19.1. The molecule has 3 aromatic rings. The van der Waals surface area contributed by atoms with Crippen molar-refractivity contribution in [2.75, 3.05) is 32.4 Å². The van der Waals surface area contributed by atoms with Crippen molar-refractivity contribution >= 4 is 31.4 Å². The van der Waals surface area contributed by atoms with Crippen molar-refractivity contribution in [1.82, 2.24) is 13.8 Å². The van der Waals surface area contributed by atoms with Crippen molar-refractivity contribution < 1.29 is 21.6 Å². The average molecular weight is 486 g/mol. The first-order valence-electron chi connectivity index (χ1n) is 9.90. The fourth-order valence-corrected chi connectivity index (χ4v) is 5.94. The van der Waals surface area contributed by atoms with Crippen LogP contribution in [0.3, 0.4) is 0 Å². The second-order valence-corrected chi connectivity index (χ2v) is 11.1. The molecular weight excluding hydrogens is 463 g/mol.